The van der Waals surface area contributed by atoms with E-state index < -0.39 is 60.6 Å². The zero-order valence-corrected chi connectivity index (χ0v) is 17.9. The zero-order chi connectivity index (χ0) is 23.7. The SMILES string of the molecule is O=S(=O)(O)C(F)(F)C(F)(F)C(F)(F)S(=O)(=O)C1CCC(OCOC2CCCCC2)CC1. The second-order valence-electron chi connectivity index (χ2n) is 7.74. The lowest BCUT2D eigenvalue weighted by Gasteiger charge is -2.35. The smallest absolute Gasteiger partial charge is 0.352 e. The number of hydrogen-bond acceptors (Lipinski definition) is 6. The lowest BCUT2D eigenvalue weighted by atomic mass is 9.97. The van der Waals surface area contributed by atoms with Crippen LogP contribution in [0.5, 0.6) is 0 Å². The molecular weight excluding hydrogens is 482 g/mol. The molecule has 184 valence electrons. The number of sulfone groups is 1. The van der Waals surface area contributed by atoms with Gasteiger partial charge in [-0.3, -0.25) is 4.55 Å². The van der Waals surface area contributed by atoms with Crippen molar-refractivity contribution < 1.29 is 57.2 Å². The fourth-order valence-corrected chi connectivity index (χ4v) is 6.01. The van der Waals surface area contributed by atoms with Crippen LogP contribution in [0.15, 0.2) is 0 Å². The third kappa shape index (κ3) is 5.14. The summed E-state index contributed by atoms with van der Waals surface area (Å²) in [5, 5.41) is -15.3. The van der Waals surface area contributed by atoms with Gasteiger partial charge >= 0.3 is 26.5 Å². The van der Waals surface area contributed by atoms with E-state index >= 15 is 0 Å². The minimum atomic E-state index is -7.02. The molecule has 2 aliphatic carbocycles. The van der Waals surface area contributed by atoms with Crippen molar-refractivity contribution in [3.63, 3.8) is 0 Å². The molecule has 0 unspecified atom stereocenters. The molecule has 2 rings (SSSR count). The summed E-state index contributed by atoms with van der Waals surface area (Å²) in [5.41, 5.74) is 0. The van der Waals surface area contributed by atoms with Crippen LogP contribution in [0.1, 0.15) is 57.8 Å². The number of alkyl halides is 6. The van der Waals surface area contributed by atoms with Crippen molar-refractivity contribution in [3.8, 4) is 0 Å². The van der Waals surface area contributed by atoms with Crippen LogP contribution in [-0.4, -0.2) is 62.1 Å². The first-order valence-corrected chi connectivity index (χ1v) is 12.6. The fraction of sp³-hybridized carbons (Fsp3) is 1.00. The summed E-state index contributed by atoms with van der Waals surface area (Å²) < 4.78 is 146. The van der Waals surface area contributed by atoms with Gasteiger partial charge in [-0.1, -0.05) is 19.3 Å². The van der Waals surface area contributed by atoms with Crippen LogP contribution in [0.4, 0.5) is 26.3 Å². The standard InChI is InChI=1S/C16H24F6O7S2/c17-14(18,16(21,22)31(25,26)27)15(19,20)30(23,24)13-8-6-12(7-9-13)29-10-28-11-4-2-1-3-5-11/h11-13H,1-10H2,(H,25,26,27). The van der Waals surface area contributed by atoms with E-state index in [-0.39, 0.29) is 25.7 Å². The molecule has 0 saturated heterocycles. The van der Waals surface area contributed by atoms with Gasteiger partial charge in [-0.05, 0) is 38.5 Å². The maximum absolute atomic E-state index is 14.1. The van der Waals surface area contributed by atoms with Crippen LogP contribution in [0.25, 0.3) is 0 Å². The Kier molecular flexibility index (Phi) is 7.99. The highest BCUT2D eigenvalue weighted by Crippen LogP contribution is 2.52. The molecule has 2 aliphatic rings. The average Bonchev–Trinajstić information content (AvgIpc) is 2.68. The number of hydrogen-bond donors (Lipinski definition) is 1. The van der Waals surface area contributed by atoms with Gasteiger partial charge in [-0.2, -0.15) is 34.8 Å². The molecule has 0 amide bonds. The molecule has 15 heteroatoms. The highest BCUT2D eigenvalue weighted by molar-refractivity contribution is 7.93. The van der Waals surface area contributed by atoms with E-state index in [1.54, 1.807) is 0 Å². The van der Waals surface area contributed by atoms with Crippen molar-refractivity contribution in [2.75, 3.05) is 6.79 Å². The quantitative estimate of drug-likeness (QED) is 0.288. The normalized spacial score (nSPS) is 25.5. The van der Waals surface area contributed by atoms with Crippen molar-refractivity contribution in [1.29, 1.82) is 0 Å². The molecule has 0 aromatic carbocycles. The van der Waals surface area contributed by atoms with Gasteiger partial charge in [0.15, 0.2) is 0 Å². The second-order valence-corrected chi connectivity index (χ2v) is 11.5. The Morgan fingerprint density at radius 2 is 1.16 bits per heavy atom. The van der Waals surface area contributed by atoms with Gasteiger partial charge in [0.2, 0.25) is 9.84 Å². The van der Waals surface area contributed by atoms with E-state index in [9.17, 15) is 43.2 Å². The van der Waals surface area contributed by atoms with E-state index in [0.29, 0.717) is 0 Å². The first-order chi connectivity index (χ1) is 14.1. The Bertz CT molecular complexity index is 817. The zero-order valence-electron chi connectivity index (χ0n) is 16.3. The monoisotopic (exact) mass is 506 g/mol. The molecule has 7 nitrogen and oxygen atoms in total. The van der Waals surface area contributed by atoms with Crippen LogP contribution in [0.3, 0.4) is 0 Å². The summed E-state index contributed by atoms with van der Waals surface area (Å²) in [7, 11) is -13.3. The molecule has 0 bridgehead atoms. The fourth-order valence-electron chi connectivity index (χ4n) is 3.69. The number of halogens is 6. The van der Waals surface area contributed by atoms with Crippen LogP contribution < -0.4 is 0 Å². The Labute approximate surface area is 176 Å². The van der Waals surface area contributed by atoms with Gasteiger partial charge in [0.05, 0.1) is 17.5 Å². The Morgan fingerprint density at radius 3 is 1.61 bits per heavy atom. The van der Waals surface area contributed by atoms with Gasteiger partial charge in [-0.25, -0.2) is 8.42 Å². The van der Waals surface area contributed by atoms with Crippen molar-refractivity contribution >= 4 is 20.0 Å². The van der Waals surface area contributed by atoms with Gasteiger partial charge < -0.3 is 9.47 Å². The van der Waals surface area contributed by atoms with Crippen LogP contribution in [0.2, 0.25) is 0 Å². The summed E-state index contributed by atoms with van der Waals surface area (Å²) in [6.45, 7) is -0.110. The number of ether oxygens (including phenoxy) is 2. The van der Waals surface area contributed by atoms with Crippen molar-refractivity contribution in [2.24, 2.45) is 0 Å². The third-order valence-electron chi connectivity index (χ3n) is 5.63. The summed E-state index contributed by atoms with van der Waals surface area (Å²) in [6.07, 6.45) is 2.88. The molecule has 0 radical (unpaired) electrons. The van der Waals surface area contributed by atoms with Crippen molar-refractivity contribution in [2.45, 2.75) is 91.7 Å². The topological polar surface area (TPSA) is 107 Å². The lowest BCUT2D eigenvalue weighted by molar-refractivity contribution is -0.246. The molecule has 0 heterocycles. The van der Waals surface area contributed by atoms with E-state index in [4.69, 9.17) is 14.0 Å². The molecule has 31 heavy (non-hydrogen) atoms. The Hall–Kier alpha value is -0.640. The van der Waals surface area contributed by atoms with Gasteiger partial charge in [0.1, 0.15) is 6.79 Å². The van der Waals surface area contributed by atoms with Crippen LogP contribution in [-0.2, 0) is 29.4 Å². The average molecular weight is 506 g/mol. The van der Waals surface area contributed by atoms with Crippen LogP contribution in [0, 0.1) is 0 Å². The summed E-state index contributed by atoms with van der Waals surface area (Å²) >= 11 is 0. The summed E-state index contributed by atoms with van der Waals surface area (Å²) in [4.78, 5) is 0. The van der Waals surface area contributed by atoms with Crippen LogP contribution >= 0.6 is 0 Å². The van der Waals surface area contributed by atoms with Gasteiger partial charge in [0.25, 0.3) is 0 Å². The van der Waals surface area contributed by atoms with E-state index in [2.05, 4.69) is 0 Å². The van der Waals surface area contributed by atoms with Crippen molar-refractivity contribution in [3.05, 3.63) is 0 Å². The molecule has 0 atom stereocenters. The second kappa shape index (κ2) is 9.31. The highest BCUT2D eigenvalue weighted by atomic mass is 32.2. The first-order valence-electron chi connectivity index (χ1n) is 9.63. The van der Waals surface area contributed by atoms with E-state index in [1.807, 2.05) is 0 Å². The van der Waals surface area contributed by atoms with E-state index in [0.717, 1.165) is 32.1 Å². The van der Waals surface area contributed by atoms with Gasteiger partial charge in [0, 0.05) is 0 Å². The van der Waals surface area contributed by atoms with E-state index in [1.165, 1.54) is 0 Å². The maximum atomic E-state index is 14.1. The third-order valence-corrected chi connectivity index (χ3v) is 8.86. The summed E-state index contributed by atoms with van der Waals surface area (Å²) in [6, 6.07) is 0. The highest BCUT2D eigenvalue weighted by Gasteiger charge is 2.82. The molecule has 2 saturated carbocycles. The van der Waals surface area contributed by atoms with Crippen molar-refractivity contribution in [1.82, 2.24) is 0 Å². The molecule has 2 fully saturated rings. The Balaban J connectivity index is 1.99. The minimum Gasteiger partial charge on any atom is -0.352 e. The molecule has 0 aliphatic heterocycles. The number of rotatable bonds is 9. The molecular formula is C16H24F6O7S2. The largest absolute Gasteiger partial charge is 0.439 e. The maximum Gasteiger partial charge on any atom is 0.439 e. The molecule has 0 aromatic heterocycles. The molecule has 1 N–H and O–H groups in total. The predicted molar refractivity (Wildman–Crippen MR) is 95.3 cm³/mol. The molecule has 0 spiro atoms. The predicted octanol–water partition coefficient (Wildman–Crippen LogP) is 3.74. The summed E-state index contributed by atoms with van der Waals surface area (Å²) in [5.74, 6) is -6.90. The van der Waals surface area contributed by atoms with Gasteiger partial charge in [-0.15, -0.1) is 0 Å². The first kappa shape index (κ1) is 26.6. The Morgan fingerprint density at radius 1 is 0.710 bits per heavy atom. The lowest BCUT2D eigenvalue weighted by Crippen LogP contribution is -2.62. The minimum absolute atomic E-state index is 0.0239. The molecule has 0 aromatic rings.